The number of rotatable bonds is 3. The van der Waals surface area contributed by atoms with Gasteiger partial charge in [-0.05, 0) is 45.1 Å². The predicted molar refractivity (Wildman–Crippen MR) is 97.6 cm³/mol. The Labute approximate surface area is 147 Å². The SMILES string of the molecule is CC[C@@H]1CN(C(=O)c2ccc3c(c2)NC(=O)[C@@H](C)S3)C[C@@H]1N(C)C. The van der Waals surface area contributed by atoms with Gasteiger partial charge in [-0.2, -0.15) is 0 Å². The molecule has 2 amide bonds. The smallest absolute Gasteiger partial charge is 0.253 e. The lowest BCUT2D eigenvalue weighted by atomic mass is 10.0. The first-order valence-corrected chi connectivity index (χ1v) is 9.36. The van der Waals surface area contributed by atoms with Gasteiger partial charge in [0.05, 0.1) is 10.9 Å². The number of carbonyl (C=O) groups is 2. The molecule has 3 atom stereocenters. The molecule has 0 spiro atoms. The highest BCUT2D eigenvalue weighted by Gasteiger charge is 2.36. The van der Waals surface area contributed by atoms with Crippen LogP contribution in [0.25, 0.3) is 0 Å². The van der Waals surface area contributed by atoms with Crippen molar-refractivity contribution in [2.45, 2.75) is 36.5 Å². The van der Waals surface area contributed by atoms with E-state index in [9.17, 15) is 9.59 Å². The molecule has 2 aliphatic heterocycles. The molecule has 1 aromatic carbocycles. The average Bonchev–Trinajstić information content (AvgIpc) is 2.99. The first-order chi connectivity index (χ1) is 11.4. The highest BCUT2D eigenvalue weighted by atomic mass is 32.2. The lowest BCUT2D eigenvalue weighted by Crippen LogP contribution is -2.36. The van der Waals surface area contributed by atoms with Crippen molar-refractivity contribution in [1.82, 2.24) is 9.80 Å². The van der Waals surface area contributed by atoms with Gasteiger partial charge in [-0.1, -0.05) is 13.3 Å². The molecule has 2 heterocycles. The van der Waals surface area contributed by atoms with Crippen molar-refractivity contribution in [3.63, 3.8) is 0 Å². The molecule has 130 valence electrons. The van der Waals surface area contributed by atoms with Crippen LogP contribution in [0.5, 0.6) is 0 Å². The number of benzene rings is 1. The fraction of sp³-hybridized carbons (Fsp3) is 0.556. The molecule has 1 N–H and O–H groups in total. The molecular weight excluding hydrogens is 322 g/mol. The number of thioether (sulfide) groups is 1. The van der Waals surface area contributed by atoms with Crippen LogP contribution < -0.4 is 5.32 Å². The molecule has 5 nitrogen and oxygen atoms in total. The summed E-state index contributed by atoms with van der Waals surface area (Å²) in [6.07, 6.45) is 1.07. The van der Waals surface area contributed by atoms with Gasteiger partial charge in [-0.15, -0.1) is 11.8 Å². The Morgan fingerprint density at radius 3 is 2.75 bits per heavy atom. The van der Waals surface area contributed by atoms with Crippen LogP contribution in [0, 0.1) is 5.92 Å². The number of hydrogen-bond acceptors (Lipinski definition) is 4. The zero-order valence-corrected chi connectivity index (χ0v) is 15.5. The molecule has 0 saturated carbocycles. The quantitative estimate of drug-likeness (QED) is 0.913. The summed E-state index contributed by atoms with van der Waals surface area (Å²) in [6.45, 7) is 5.63. The van der Waals surface area contributed by atoms with Crippen molar-refractivity contribution in [3.05, 3.63) is 23.8 Å². The maximum Gasteiger partial charge on any atom is 0.253 e. The van der Waals surface area contributed by atoms with Crippen molar-refractivity contribution >= 4 is 29.3 Å². The highest BCUT2D eigenvalue weighted by Crippen LogP contribution is 2.36. The Balaban J connectivity index is 1.79. The normalized spacial score (nSPS) is 26.5. The number of fused-ring (bicyclic) bond motifs is 1. The maximum atomic E-state index is 12.9. The molecule has 1 fully saturated rings. The predicted octanol–water partition coefficient (Wildman–Crippen LogP) is 2.53. The van der Waals surface area contributed by atoms with E-state index in [4.69, 9.17) is 0 Å². The van der Waals surface area contributed by atoms with E-state index in [1.165, 1.54) is 11.8 Å². The van der Waals surface area contributed by atoms with Gasteiger partial charge < -0.3 is 15.1 Å². The third-order valence-electron chi connectivity index (χ3n) is 5.04. The molecule has 0 bridgehead atoms. The largest absolute Gasteiger partial charge is 0.337 e. The Hall–Kier alpha value is -1.53. The average molecular weight is 347 g/mol. The fourth-order valence-corrected chi connectivity index (χ4v) is 4.46. The molecule has 0 aliphatic carbocycles. The van der Waals surface area contributed by atoms with Gasteiger partial charge in [0, 0.05) is 29.6 Å². The van der Waals surface area contributed by atoms with E-state index in [0.29, 0.717) is 17.5 Å². The summed E-state index contributed by atoms with van der Waals surface area (Å²) in [6, 6.07) is 6.05. The maximum absolute atomic E-state index is 12.9. The number of anilines is 1. The van der Waals surface area contributed by atoms with Crippen molar-refractivity contribution in [2.75, 3.05) is 32.5 Å². The number of likely N-dealkylation sites (N-methyl/N-ethyl adjacent to an activating group) is 1. The van der Waals surface area contributed by atoms with Gasteiger partial charge in [0.2, 0.25) is 5.91 Å². The summed E-state index contributed by atoms with van der Waals surface area (Å²) in [4.78, 5) is 29.9. The second kappa shape index (κ2) is 6.76. The van der Waals surface area contributed by atoms with Crippen molar-refractivity contribution in [2.24, 2.45) is 5.92 Å². The Kier molecular flexibility index (Phi) is 4.88. The third kappa shape index (κ3) is 3.17. The second-order valence-corrected chi connectivity index (χ2v) is 8.25. The van der Waals surface area contributed by atoms with Gasteiger partial charge >= 0.3 is 0 Å². The van der Waals surface area contributed by atoms with Crippen LogP contribution in [-0.2, 0) is 4.79 Å². The summed E-state index contributed by atoms with van der Waals surface area (Å²) >= 11 is 1.54. The molecule has 3 rings (SSSR count). The van der Waals surface area contributed by atoms with Crippen LogP contribution in [0.15, 0.2) is 23.1 Å². The van der Waals surface area contributed by atoms with Gasteiger partial charge in [0.1, 0.15) is 0 Å². The molecule has 0 radical (unpaired) electrons. The fourth-order valence-electron chi connectivity index (χ4n) is 3.53. The molecule has 2 aliphatic rings. The van der Waals surface area contributed by atoms with Crippen LogP contribution in [0.2, 0.25) is 0 Å². The van der Waals surface area contributed by atoms with Crippen LogP contribution in [-0.4, -0.2) is 60.1 Å². The second-order valence-electron chi connectivity index (χ2n) is 6.87. The van der Waals surface area contributed by atoms with Crippen LogP contribution >= 0.6 is 11.8 Å². The zero-order valence-electron chi connectivity index (χ0n) is 14.7. The first kappa shape index (κ1) is 17.3. The van der Waals surface area contributed by atoms with Gasteiger partial charge in [0.25, 0.3) is 5.91 Å². The number of carbonyl (C=O) groups excluding carboxylic acids is 2. The van der Waals surface area contributed by atoms with Crippen molar-refractivity contribution in [3.8, 4) is 0 Å². The Morgan fingerprint density at radius 2 is 2.12 bits per heavy atom. The third-order valence-corrected chi connectivity index (χ3v) is 6.22. The molecule has 6 heteroatoms. The minimum absolute atomic E-state index is 0.00279. The van der Waals surface area contributed by atoms with Crippen molar-refractivity contribution < 1.29 is 9.59 Å². The number of nitrogens with one attached hydrogen (secondary N) is 1. The monoisotopic (exact) mass is 347 g/mol. The first-order valence-electron chi connectivity index (χ1n) is 8.48. The van der Waals surface area contributed by atoms with Gasteiger partial charge in [-0.3, -0.25) is 9.59 Å². The van der Waals surface area contributed by atoms with Gasteiger partial charge in [-0.25, -0.2) is 0 Å². The van der Waals surface area contributed by atoms with E-state index in [2.05, 4.69) is 31.2 Å². The Morgan fingerprint density at radius 1 is 1.38 bits per heavy atom. The molecule has 0 aromatic heterocycles. The van der Waals surface area contributed by atoms with Gasteiger partial charge in [0.15, 0.2) is 0 Å². The lowest BCUT2D eigenvalue weighted by molar-refractivity contribution is -0.115. The number of likely N-dealkylation sites (tertiary alicyclic amines) is 1. The number of nitrogens with zero attached hydrogens (tertiary/aromatic N) is 2. The summed E-state index contributed by atoms with van der Waals surface area (Å²) in [5.41, 5.74) is 1.41. The van der Waals surface area contributed by atoms with E-state index >= 15 is 0 Å². The minimum atomic E-state index is -0.0937. The summed E-state index contributed by atoms with van der Waals surface area (Å²) in [7, 11) is 4.16. The minimum Gasteiger partial charge on any atom is -0.337 e. The lowest BCUT2D eigenvalue weighted by Gasteiger charge is -2.24. The topological polar surface area (TPSA) is 52.7 Å². The van der Waals surface area contributed by atoms with Crippen LogP contribution in [0.3, 0.4) is 0 Å². The summed E-state index contributed by atoms with van der Waals surface area (Å²) < 4.78 is 0. The van der Waals surface area contributed by atoms with E-state index < -0.39 is 0 Å². The number of hydrogen-bond donors (Lipinski definition) is 1. The van der Waals surface area contributed by atoms with E-state index in [1.54, 1.807) is 0 Å². The van der Waals surface area contributed by atoms with Crippen molar-refractivity contribution in [1.29, 1.82) is 0 Å². The standard InChI is InChI=1S/C18H25N3O2S/c1-5-12-9-21(10-15(12)20(3)4)18(23)13-6-7-16-14(8-13)19-17(22)11(2)24-16/h6-8,11-12,15H,5,9-10H2,1-4H3,(H,19,22)/t11-,12-,15+/m1/s1. The molecular formula is C18H25N3O2S. The summed E-state index contributed by atoms with van der Waals surface area (Å²) in [5.74, 6) is 0.563. The van der Waals surface area contributed by atoms with E-state index in [0.717, 1.165) is 30.1 Å². The molecule has 1 aromatic rings. The van der Waals surface area contributed by atoms with E-state index in [1.807, 2.05) is 30.0 Å². The molecule has 24 heavy (non-hydrogen) atoms. The van der Waals surface area contributed by atoms with E-state index in [-0.39, 0.29) is 17.1 Å². The van der Waals surface area contributed by atoms with Crippen LogP contribution in [0.4, 0.5) is 5.69 Å². The molecule has 0 unspecified atom stereocenters. The zero-order chi connectivity index (χ0) is 17.4. The molecule has 1 saturated heterocycles. The number of amides is 2. The highest BCUT2D eigenvalue weighted by molar-refractivity contribution is 8.00. The van der Waals surface area contributed by atoms with Crippen LogP contribution in [0.1, 0.15) is 30.6 Å². The Bertz CT molecular complexity index is 662. The summed E-state index contributed by atoms with van der Waals surface area (Å²) in [5, 5.41) is 2.81.